The molecule has 3 saturated heterocycles. The van der Waals surface area contributed by atoms with Gasteiger partial charge in [-0.2, -0.15) is 0 Å². The monoisotopic (exact) mass is 565 g/mol. The lowest BCUT2D eigenvalue weighted by Gasteiger charge is -2.51. The summed E-state index contributed by atoms with van der Waals surface area (Å²) in [6.07, 6.45) is 24.6. The molecule has 0 aromatic rings. The highest BCUT2D eigenvalue weighted by atomic mass is 16.7. The molecule has 1 saturated carbocycles. The molecule has 226 valence electrons. The Labute approximate surface area is 247 Å². The van der Waals surface area contributed by atoms with Crippen molar-refractivity contribution in [3.8, 4) is 0 Å². The van der Waals surface area contributed by atoms with E-state index >= 15 is 0 Å². The molecule has 0 aromatic heterocycles. The lowest BCUT2D eigenvalue weighted by Crippen LogP contribution is -2.55. The zero-order valence-corrected chi connectivity index (χ0v) is 25.4. The Morgan fingerprint density at radius 3 is 2.83 bits per heavy atom. The van der Waals surface area contributed by atoms with Crippen molar-refractivity contribution < 1.29 is 23.7 Å². The molecule has 7 atom stereocenters. The SMILES string of the molecule is CC1=CCC2/C(=C/C=C/CC/C(C)=C/C[C@@H]3CC(OC=O)CC4(CCC(C)C(C5CCCCC5)O4)O3)COC2C1=N. The summed E-state index contributed by atoms with van der Waals surface area (Å²) in [4.78, 5) is 11.3. The standard InChI is InChI=1S/C35H51NO5/c1-24(10-6-4-9-13-28-22-38-34-31(28)17-15-25(2)32(34)36)14-16-29-20-30(39-23-37)21-35(40-29)19-18-26(3)33(41-35)27-11-7-5-8-12-27/h4,9,13-15,23,26-27,29-31,33-34,36H,5-8,10-12,16-22H2,1-3H3/b9-4+,24-14+,28-13+,36-32?/t26?,29-,30?,31?,33?,34?,35?/m1/s1. The zero-order valence-electron chi connectivity index (χ0n) is 25.4. The molecule has 6 heteroatoms. The van der Waals surface area contributed by atoms with Gasteiger partial charge in [0.05, 0.1) is 24.5 Å². The molecule has 3 aliphatic heterocycles. The van der Waals surface area contributed by atoms with Crippen molar-refractivity contribution in [3.63, 3.8) is 0 Å². The van der Waals surface area contributed by atoms with Crippen LogP contribution < -0.4 is 0 Å². The normalized spacial score (nSPS) is 37.9. The highest BCUT2D eigenvalue weighted by molar-refractivity contribution is 6.02. The smallest absolute Gasteiger partial charge is 0.293 e. The quantitative estimate of drug-likeness (QED) is 0.228. The van der Waals surface area contributed by atoms with Gasteiger partial charge in [-0.1, -0.05) is 62.1 Å². The summed E-state index contributed by atoms with van der Waals surface area (Å²) in [5, 5.41) is 8.28. The maximum Gasteiger partial charge on any atom is 0.293 e. The third-order valence-electron chi connectivity index (χ3n) is 10.2. The number of hydrogen-bond acceptors (Lipinski definition) is 6. The number of fused-ring (bicyclic) bond motifs is 1. The largest absolute Gasteiger partial charge is 0.464 e. The molecule has 0 aromatic carbocycles. The fourth-order valence-electron chi connectivity index (χ4n) is 7.75. The van der Waals surface area contributed by atoms with Crippen LogP contribution in [0.3, 0.4) is 0 Å². The molecule has 5 rings (SSSR count). The summed E-state index contributed by atoms with van der Waals surface area (Å²) in [6, 6.07) is 0. The summed E-state index contributed by atoms with van der Waals surface area (Å²) in [5.41, 5.74) is 4.34. The van der Waals surface area contributed by atoms with Crippen LogP contribution in [0.25, 0.3) is 0 Å². The van der Waals surface area contributed by atoms with Gasteiger partial charge >= 0.3 is 0 Å². The minimum atomic E-state index is -0.628. The predicted octanol–water partition coefficient (Wildman–Crippen LogP) is 7.78. The van der Waals surface area contributed by atoms with Crippen molar-refractivity contribution in [2.45, 2.75) is 134 Å². The summed E-state index contributed by atoms with van der Waals surface area (Å²) < 4.78 is 25.1. The number of rotatable bonds is 9. The van der Waals surface area contributed by atoms with Gasteiger partial charge in [0.2, 0.25) is 0 Å². The molecule has 6 unspecified atom stereocenters. The van der Waals surface area contributed by atoms with Crippen molar-refractivity contribution in [3.05, 3.63) is 47.1 Å². The van der Waals surface area contributed by atoms with Crippen LogP contribution in [-0.2, 0) is 23.7 Å². The second kappa shape index (κ2) is 14.0. The third kappa shape index (κ3) is 7.50. The molecule has 0 radical (unpaired) electrons. The van der Waals surface area contributed by atoms with E-state index in [9.17, 15) is 4.79 Å². The summed E-state index contributed by atoms with van der Waals surface area (Å²) >= 11 is 0. The average Bonchev–Trinajstić information content (AvgIpc) is 3.39. The van der Waals surface area contributed by atoms with Crippen LogP contribution in [0.4, 0.5) is 0 Å². The number of carbonyl (C=O) groups excluding carboxylic acids is 1. The van der Waals surface area contributed by atoms with E-state index in [0.717, 1.165) is 50.5 Å². The Morgan fingerprint density at radius 1 is 1.20 bits per heavy atom. The van der Waals surface area contributed by atoms with Gasteiger partial charge < -0.3 is 24.4 Å². The molecule has 5 aliphatic rings. The minimum absolute atomic E-state index is 0.00781. The van der Waals surface area contributed by atoms with Gasteiger partial charge in [0.25, 0.3) is 6.47 Å². The fourth-order valence-corrected chi connectivity index (χ4v) is 7.75. The molecule has 3 heterocycles. The van der Waals surface area contributed by atoms with Crippen LogP contribution in [0, 0.1) is 23.2 Å². The van der Waals surface area contributed by atoms with E-state index in [-0.39, 0.29) is 24.4 Å². The van der Waals surface area contributed by atoms with Crippen LogP contribution in [-0.4, -0.2) is 49.0 Å². The van der Waals surface area contributed by atoms with Crippen LogP contribution in [0.2, 0.25) is 0 Å². The van der Waals surface area contributed by atoms with Gasteiger partial charge in [-0.15, -0.1) is 0 Å². The van der Waals surface area contributed by atoms with Crippen molar-refractivity contribution >= 4 is 12.2 Å². The van der Waals surface area contributed by atoms with Crippen LogP contribution in [0.5, 0.6) is 0 Å². The first-order valence-corrected chi connectivity index (χ1v) is 16.2. The van der Waals surface area contributed by atoms with Crippen LogP contribution in [0.15, 0.2) is 47.1 Å². The van der Waals surface area contributed by atoms with Gasteiger partial charge in [-0.05, 0) is 81.8 Å². The van der Waals surface area contributed by atoms with Gasteiger partial charge in [-0.3, -0.25) is 4.79 Å². The van der Waals surface area contributed by atoms with Crippen LogP contribution >= 0.6 is 0 Å². The Kier molecular flexibility index (Phi) is 10.4. The molecular formula is C35H51NO5. The highest BCUT2D eigenvalue weighted by Crippen LogP contribution is 2.46. The second-order valence-corrected chi connectivity index (χ2v) is 13.3. The number of hydrogen-bond donors (Lipinski definition) is 1. The molecule has 4 fully saturated rings. The molecule has 0 bridgehead atoms. The van der Waals surface area contributed by atoms with Gasteiger partial charge in [0, 0.05) is 25.2 Å². The number of allylic oxidation sites excluding steroid dienone is 5. The Morgan fingerprint density at radius 2 is 2.02 bits per heavy atom. The highest BCUT2D eigenvalue weighted by Gasteiger charge is 2.49. The summed E-state index contributed by atoms with van der Waals surface area (Å²) in [5.74, 6) is 0.856. The molecule has 1 N–H and O–H groups in total. The number of nitrogens with one attached hydrogen (secondary N) is 1. The van der Waals surface area contributed by atoms with Gasteiger partial charge in [0.1, 0.15) is 12.2 Å². The van der Waals surface area contributed by atoms with E-state index in [1.165, 1.54) is 43.3 Å². The second-order valence-electron chi connectivity index (χ2n) is 13.3. The van der Waals surface area contributed by atoms with E-state index in [1.807, 2.05) is 6.92 Å². The third-order valence-corrected chi connectivity index (χ3v) is 10.2. The Balaban J connectivity index is 1.13. The average molecular weight is 566 g/mol. The van der Waals surface area contributed by atoms with Gasteiger partial charge in [0.15, 0.2) is 5.79 Å². The maximum absolute atomic E-state index is 11.3. The van der Waals surface area contributed by atoms with Crippen molar-refractivity contribution in [1.82, 2.24) is 0 Å². The number of ether oxygens (including phenoxy) is 4. The van der Waals surface area contributed by atoms with Gasteiger partial charge in [-0.25, -0.2) is 0 Å². The topological polar surface area (TPSA) is 77.8 Å². The summed E-state index contributed by atoms with van der Waals surface area (Å²) in [7, 11) is 0. The first-order chi connectivity index (χ1) is 19.9. The zero-order chi connectivity index (χ0) is 28.8. The van der Waals surface area contributed by atoms with Crippen molar-refractivity contribution in [2.75, 3.05) is 6.61 Å². The van der Waals surface area contributed by atoms with Crippen LogP contribution in [0.1, 0.15) is 104 Å². The number of carbonyl (C=O) groups is 1. The van der Waals surface area contributed by atoms with E-state index in [1.54, 1.807) is 0 Å². The maximum atomic E-state index is 11.3. The van der Waals surface area contributed by atoms with E-state index in [2.05, 4.69) is 44.2 Å². The Bertz CT molecular complexity index is 1050. The molecule has 6 nitrogen and oxygen atoms in total. The Hall–Kier alpha value is -2.02. The molecule has 2 aliphatic carbocycles. The van der Waals surface area contributed by atoms with E-state index < -0.39 is 5.79 Å². The summed E-state index contributed by atoms with van der Waals surface area (Å²) in [6.45, 7) is 7.76. The predicted molar refractivity (Wildman–Crippen MR) is 162 cm³/mol. The fraction of sp³-hybridized carbons (Fsp3) is 0.714. The molecule has 41 heavy (non-hydrogen) atoms. The minimum Gasteiger partial charge on any atom is -0.464 e. The van der Waals surface area contributed by atoms with Crippen molar-refractivity contribution in [2.24, 2.45) is 17.8 Å². The van der Waals surface area contributed by atoms with E-state index in [4.69, 9.17) is 24.4 Å². The first-order valence-electron chi connectivity index (χ1n) is 16.2. The van der Waals surface area contributed by atoms with E-state index in [0.29, 0.717) is 43.0 Å². The first kappa shape index (κ1) is 30.4. The lowest BCUT2D eigenvalue weighted by molar-refractivity contribution is -0.341. The molecule has 1 spiro atoms. The molecule has 0 amide bonds. The molecular weight excluding hydrogens is 514 g/mol. The lowest BCUT2D eigenvalue weighted by atomic mass is 9.76. The van der Waals surface area contributed by atoms with Crippen molar-refractivity contribution in [1.29, 1.82) is 5.41 Å².